The Morgan fingerprint density at radius 1 is 1.58 bits per heavy atom. The molecule has 1 N–H and O–H groups in total. The number of aliphatic hydroxyl groups is 1. The minimum Gasteiger partial charge on any atom is -0.392 e. The van der Waals surface area contributed by atoms with E-state index in [4.69, 9.17) is 9.84 Å². The van der Waals surface area contributed by atoms with Crippen molar-refractivity contribution >= 4 is 0 Å². The zero-order valence-corrected chi connectivity index (χ0v) is 7.16. The summed E-state index contributed by atoms with van der Waals surface area (Å²) in [7, 11) is 1.65. The molecule has 0 radical (unpaired) electrons. The summed E-state index contributed by atoms with van der Waals surface area (Å²) in [5.74, 6) is 0. The van der Waals surface area contributed by atoms with E-state index < -0.39 is 0 Å². The first-order chi connectivity index (χ1) is 5.88. The van der Waals surface area contributed by atoms with E-state index in [1.807, 2.05) is 12.1 Å². The number of nitrogens with zero attached hydrogens (tertiary/aromatic N) is 1. The Kier molecular flexibility index (Phi) is 3.70. The van der Waals surface area contributed by atoms with Crippen LogP contribution in [-0.2, 0) is 17.8 Å². The highest BCUT2D eigenvalue weighted by Gasteiger charge is 2.00. The van der Waals surface area contributed by atoms with Gasteiger partial charge in [0.1, 0.15) is 0 Å². The summed E-state index contributed by atoms with van der Waals surface area (Å²) in [6.45, 7) is 0.691. The van der Waals surface area contributed by atoms with Crippen molar-refractivity contribution in [2.45, 2.75) is 13.0 Å². The van der Waals surface area contributed by atoms with Crippen molar-refractivity contribution in [2.24, 2.45) is 0 Å². The maximum Gasteiger partial charge on any atom is 0.0699 e. The van der Waals surface area contributed by atoms with Crippen LogP contribution in [0.3, 0.4) is 0 Å². The fourth-order valence-corrected chi connectivity index (χ4v) is 1.04. The summed E-state index contributed by atoms with van der Waals surface area (Å²) in [5.41, 5.74) is 1.80. The van der Waals surface area contributed by atoms with Gasteiger partial charge < -0.3 is 9.84 Å². The molecule has 0 amide bonds. The van der Waals surface area contributed by atoms with Crippen LogP contribution >= 0.6 is 0 Å². The van der Waals surface area contributed by atoms with Gasteiger partial charge in [-0.3, -0.25) is 4.98 Å². The highest BCUT2D eigenvalue weighted by atomic mass is 16.5. The quantitative estimate of drug-likeness (QED) is 0.720. The standard InChI is InChI=1S/C9H13NO2/c1-12-6-4-9-8(7-11)3-2-5-10-9/h2-3,5,11H,4,6-7H2,1H3. The highest BCUT2D eigenvalue weighted by Crippen LogP contribution is 2.05. The minimum absolute atomic E-state index is 0.0485. The first kappa shape index (κ1) is 9.16. The van der Waals surface area contributed by atoms with E-state index in [9.17, 15) is 0 Å². The molecular formula is C9H13NO2. The molecule has 0 aliphatic heterocycles. The second kappa shape index (κ2) is 4.85. The molecule has 0 saturated heterocycles. The first-order valence-electron chi connectivity index (χ1n) is 3.91. The third-order valence-electron chi connectivity index (χ3n) is 1.70. The summed E-state index contributed by atoms with van der Waals surface area (Å²) in [5, 5.41) is 8.94. The van der Waals surface area contributed by atoms with Crippen molar-refractivity contribution in [3.63, 3.8) is 0 Å². The molecule has 1 heterocycles. The van der Waals surface area contributed by atoms with Crippen LogP contribution in [0, 0.1) is 0 Å². The minimum atomic E-state index is 0.0485. The Labute approximate surface area is 72.0 Å². The number of methoxy groups -OCH3 is 1. The topological polar surface area (TPSA) is 42.4 Å². The SMILES string of the molecule is COCCc1ncccc1CO. The normalized spacial score (nSPS) is 10.2. The summed E-state index contributed by atoms with van der Waals surface area (Å²) < 4.78 is 4.92. The van der Waals surface area contributed by atoms with Crippen LogP contribution in [0.5, 0.6) is 0 Å². The number of aromatic nitrogens is 1. The number of rotatable bonds is 4. The van der Waals surface area contributed by atoms with Gasteiger partial charge in [0.2, 0.25) is 0 Å². The van der Waals surface area contributed by atoms with Gasteiger partial charge in [0, 0.05) is 25.4 Å². The van der Waals surface area contributed by atoms with Gasteiger partial charge in [0.25, 0.3) is 0 Å². The molecule has 0 bridgehead atoms. The highest BCUT2D eigenvalue weighted by molar-refractivity contribution is 5.18. The Bertz CT molecular complexity index is 238. The van der Waals surface area contributed by atoms with Crippen molar-refractivity contribution in [3.05, 3.63) is 29.6 Å². The van der Waals surface area contributed by atoms with Crippen LogP contribution in [0.15, 0.2) is 18.3 Å². The van der Waals surface area contributed by atoms with Gasteiger partial charge in [-0.2, -0.15) is 0 Å². The maximum absolute atomic E-state index is 8.94. The van der Waals surface area contributed by atoms with Crippen LogP contribution < -0.4 is 0 Å². The lowest BCUT2D eigenvalue weighted by atomic mass is 10.1. The van der Waals surface area contributed by atoms with Crippen molar-refractivity contribution in [1.29, 1.82) is 0 Å². The third-order valence-corrected chi connectivity index (χ3v) is 1.70. The Balaban J connectivity index is 2.68. The summed E-state index contributed by atoms with van der Waals surface area (Å²) >= 11 is 0. The molecule has 0 aliphatic carbocycles. The van der Waals surface area contributed by atoms with Gasteiger partial charge in [0.15, 0.2) is 0 Å². The molecule has 0 saturated carbocycles. The molecule has 0 atom stereocenters. The zero-order valence-electron chi connectivity index (χ0n) is 7.16. The van der Waals surface area contributed by atoms with Crippen molar-refractivity contribution in [3.8, 4) is 0 Å². The van der Waals surface area contributed by atoms with Crippen LogP contribution in [0.4, 0.5) is 0 Å². The number of hydrogen-bond donors (Lipinski definition) is 1. The van der Waals surface area contributed by atoms with Crippen LogP contribution in [0.25, 0.3) is 0 Å². The van der Waals surface area contributed by atoms with Gasteiger partial charge in [-0.15, -0.1) is 0 Å². The van der Waals surface area contributed by atoms with Crippen molar-refractivity contribution in [2.75, 3.05) is 13.7 Å². The molecule has 0 spiro atoms. The molecule has 0 aliphatic rings. The molecular weight excluding hydrogens is 154 g/mol. The lowest BCUT2D eigenvalue weighted by Crippen LogP contribution is -2.01. The van der Waals surface area contributed by atoms with Gasteiger partial charge in [0.05, 0.1) is 13.2 Å². The molecule has 3 nitrogen and oxygen atoms in total. The largest absolute Gasteiger partial charge is 0.392 e. The fraction of sp³-hybridized carbons (Fsp3) is 0.444. The lowest BCUT2D eigenvalue weighted by Gasteiger charge is -2.04. The molecule has 1 aromatic rings. The first-order valence-corrected chi connectivity index (χ1v) is 3.91. The van der Waals surface area contributed by atoms with E-state index in [1.165, 1.54) is 0 Å². The number of hydrogen-bond acceptors (Lipinski definition) is 3. The average Bonchev–Trinajstić information content (AvgIpc) is 2.15. The summed E-state index contributed by atoms with van der Waals surface area (Å²) in [6, 6.07) is 3.69. The summed E-state index contributed by atoms with van der Waals surface area (Å²) in [4.78, 5) is 4.15. The van der Waals surface area contributed by atoms with Crippen LogP contribution in [0.2, 0.25) is 0 Å². The molecule has 1 aromatic heterocycles. The second-order valence-corrected chi connectivity index (χ2v) is 2.51. The van der Waals surface area contributed by atoms with Crippen LogP contribution in [-0.4, -0.2) is 23.8 Å². The van der Waals surface area contributed by atoms with E-state index in [2.05, 4.69) is 4.98 Å². The van der Waals surface area contributed by atoms with E-state index in [-0.39, 0.29) is 6.61 Å². The molecule has 12 heavy (non-hydrogen) atoms. The van der Waals surface area contributed by atoms with E-state index in [0.29, 0.717) is 6.61 Å². The Morgan fingerprint density at radius 3 is 3.08 bits per heavy atom. The predicted octanol–water partition coefficient (Wildman–Crippen LogP) is 0.763. The van der Waals surface area contributed by atoms with Gasteiger partial charge in [-0.25, -0.2) is 0 Å². The van der Waals surface area contributed by atoms with Gasteiger partial charge >= 0.3 is 0 Å². The third kappa shape index (κ3) is 2.29. The molecule has 66 valence electrons. The smallest absolute Gasteiger partial charge is 0.0699 e. The second-order valence-electron chi connectivity index (χ2n) is 2.51. The molecule has 0 unspecified atom stereocenters. The molecule has 3 heteroatoms. The number of aliphatic hydroxyl groups excluding tert-OH is 1. The summed E-state index contributed by atoms with van der Waals surface area (Å²) in [6.07, 6.45) is 2.48. The van der Waals surface area contributed by atoms with E-state index in [0.717, 1.165) is 17.7 Å². The Hall–Kier alpha value is -0.930. The lowest BCUT2D eigenvalue weighted by molar-refractivity contribution is 0.200. The maximum atomic E-state index is 8.94. The van der Waals surface area contributed by atoms with Crippen molar-refractivity contribution in [1.82, 2.24) is 4.98 Å². The van der Waals surface area contributed by atoms with Gasteiger partial charge in [-0.05, 0) is 11.6 Å². The fourth-order valence-electron chi connectivity index (χ4n) is 1.04. The van der Waals surface area contributed by atoms with E-state index in [1.54, 1.807) is 13.3 Å². The number of ether oxygens (including phenoxy) is 1. The molecule has 0 aromatic carbocycles. The average molecular weight is 167 g/mol. The molecule has 0 fully saturated rings. The van der Waals surface area contributed by atoms with Gasteiger partial charge in [-0.1, -0.05) is 6.07 Å². The Morgan fingerprint density at radius 2 is 2.42 bits per heavy atom. The zero-order chi connectivity index (χ0) is 8.81. The van der Waals surface area contributed by atoms with E-state index >= 15 is 0 Å². The number of pyridine rings is 1. The monoisotopic (exact) mass is 167 g/mol. The molecule has 1 rings (SSSR count). The van der Waals surface area contributed by atoms with Crippen molar-refractivity contribution < 1.29 is 9.84 Å². The van der Waals surface area contributed by atoms with Crippen LogP contribution in [0.1, 0.15) is 11.3 Å². The predicted molar refractivity (Wildman–Crippen MR) is 45.7 cm³/mol.